The van der Waals surface area contributed by atoms with Gasteiger partial charge in [0.1, 0.15) is 0 Å². The lowest BCUT2D eigenvalue weighted by Gasteiger charge is -2.06. The number of aliphatic imine (C=N–C) groups is 1. The lowest BCUT2D eigenvalue weighted by Crippen LogP contribution is -2.25. The van der Waals surface area contributed by atoms with Gasteiger partial charge in [-0.25, -0.2) is 4.99 Å². The Morgan fingerprint density at radius 3 is 2.28 bits per heavy atom. The van der Waals surface area contributed by atoms with E-state index < -0.39 is 0 Å². The summed E-state index contributed by atoms with van der Waals surface area (Å²) in [7, 11) is 0. The van der Waals surface area contributed by atoms with Crippen molar-refractivity contribution < 1.29 is 4.79 Å². The first-order valence-electron chi connectivity index (χ1n) is 8.79. The van der Waals surface area contributed by atoms with E-state index in [0.717, 1.165) is 18.5 Å². The summed E-state index contributed by atoms with van der Waals surface area (Å²) in [5.74, 6) is 0.549. The minimum Gasteiger partial charge on any atom is -0.304 e. The molecule has 1 N–H and O–H groups in total. The van der Waals surface area contributed by atoms with Gasteiger partial charge in [-0.1, -0.05) is 68.9 Å². The van der Waals surface area contributed by atoms with Crippen LogP contribution in [0.2, 0.25) is 0 Å². The summed E-state index contributed by atoms with van der Waals surface area (Å²) in [6.45, 7) is 6.49. The Balaban J connectivity index is 1.66. The molecule has 1 aliphatic heterocycles. The summed E-state index contributed by atoms with van der Waals surface area (Å²) in [5.41, 5.74) is 4.67. The molecule has 0 bridgehead atoms. The van der Waals surface area contributed by atoms with Crippen LogP contribution in [0.1, 0.15) is 43.4 Å². The molecule has 3 nitrogen and oxygen atoms in total. The zero-order chi connectivity index (χ0) is 17.8. The van der Waals surface area contributed by atoms with Crippen LogP contribution in [-0.4, -0.2) is 16.3 Å². The van der Waals surface area contributed by atoms with Crippen LogP contribution >= 0.6 is 11.8 Å². The molecule has 1 aliphatic rings. The Morgan fingerprint density at radius 2 is 1.68 bits per heavy atom. The molecular formula is C21H24N2OS. The molecule has 0 aromatic heterocycles. The second kappa shape index (κ2) is 7.87. The number of benzene rings is 2. The standard InChI is InChI=1S/C21H24N2OS/c1-4-15-5-7-16(8-6-15)13-19-20(24)23-21(25-19)22-18-11-9-17(10-12-18)14(2)3/h5-12,14,19H,4,13H2,1-3H3,(H,22,23,24). The van der Waals surface area contributed by atoms with E-state index in [4.69, 9.17) is 0 Å². The summed E-state index contributed by atoms with van der Waals surface area (Å²) >= 11 is 1.52. The number of hydrogen-bond donors (Lipinski definition) is 1. The smallest absolute Gasteiger partial charge is 0.239 e. The lowest BCUT2D eigenvalue weighted by atomic mass is 10.0. The zero-order valence-corrected chi connectivity index (χ0v) is 15.8. The van der Waals surface area contributed by atoms with E-state index in [0.29, 0.717) is 11.1 Å². The van der Waals surface area contributed by atoms with Crippen molar-refractivity contribution in [3.8, 4) is 0 Å². The predicted molar refractivity (Wildman–Crippen MR) is 107 cm³/mol. The fraction of sp³-hybridized carbons (Fsp3) is 0.333. The van der Waals surface area contributed by atoms with Crippen LogP contribution in [0.25, 0.3) is 0 Å². The van der Waals surface area contributed by atoms with Gasteiger partial charge in [0, 0.05) is 0 Å². The Kier molecular flexibility index (Phi) is 5.59. The van der Waals surface area contributed by atoms with E-state index in [1.165, 1.54) is 28.5 Å². The van der Waals surface area contributed by atoms with Crippen LogP contribution in [0, 0.1) is 0 Å². The maximum absolute atomic E-state index is 12.2. The molecule has 3 rings (SSSR count). The van der Waals surface area contributed by atoms with Gasteiger partial charge in [-0.15, -0.1) is 0 Å². The number of thioether (sulfide) groups is 1. The Hall–Kier alpha value is -2.07. The van der Waals surface area contributed by atoms with Crippen molar-refractivity contribution in [3.05, 3.63) is 65.2 Å². The Morgan fingerprint density at radius 1 is 1.04 bits per heavy atom. The predicted octanol–water partition coefficient (Wildman–Crippen LogP) is 4.83. The summed E-state index contributed by atoms with van der Waals surface area (Å²) in [6.07, 6.45) is 1.76. The largest absolute Gasteiger partial charge is 0.304 e. The number of amidine groups is 1. The highest BCUT2D eigenvalue weighted by atomic mass is 32.2. The van der Waals surface area contributed by atoms with Crippen LogP contribution < -0.4 is 5.32 Å². The van der Waals surface area contributed by atoms with Crippen molar-refractivity contribution in [2.75, 3.05) is 0 Å². The molecular weight excluding hydrogens is 328 g/mol. The lowest BCUT2D eigenvalue weighted by molar-refractivity contribution is -0.118. The van der Waals surface area contributed by atoms with Crippen LogP contribution in [-0.2, 0) is 17.6 Å². The average molecular weight is 353 g/mol. The average Bonchev–Trinajstić information content (AvgIpc) is 2.95. The Bertz CT molecular complexity index is 763. The number of hydrogen-bond acceptors (Lipinski definition) is 3. The second-order valence-electron chi connectivity index (χ2n) is 6.63. The van der Waals surface area contributed by atoms with Crippen molar-refractivity contribution in [1.82, 2.24) is 5.32 Å². The van der Waals surface area contributed by atoms with E-state index in [1.807, 2.05) is 12.1 Å². The van der Waals surface area contributed by atoms with E-state index >= 15 is 0 Å². The number of nitrogens with zero attached hydrogens (tertiary/aromatic N) is 1. The topological polar surface area (TPSA) is 41.5 Å². The first-order chi connectivity index (χ1) is 12.0. The molecule has 0 saturated carbocycles. The van der Waals surface area contributed by atoms with Gasteiger partial charge in [-0.2, -0.15) is 0 Å². The van der Waals surface area contributed by atoms with Crippen molar-refractivity contribution in [2.24, 2.45) is 4.99 Å². The quantitative estimate of drug-likeness (QED) is 0.837. The number of aryl methyl sites for hydroxylation is 1. The van der Waals surface area contributed by atoms with Gasteiger partial charge < -0.3 is 5.32 Å². The zero-order valence-electron chi connectivity index (χ0n) is 15.0. The highest BCUT2D eigenvalue weighted by molar-refractivity contribution is 8.15. The molecule has 2 aromatic carbocycles. The molecule has 1 fully saturated rings. The number of amides is 1. The van der Waals surface area contributed by atoms with Gasteiger partial charge in [0.15, 0.2) is 5.17 Å². The van der Waals surface area contributed by atoms with E-state index in [-0.39, 0.29) is 11.2 Å². The molecule has 1 heterocycles. The fourth-order valence-electron chi connectivity index (χ4n) is 2.77. The van der Waals surface area contributed by atoms with Crippen LogP contribution in [0.3, 0.4) is 0 Å². The van der Waals surface area contributed by atoms with E-state index in [9.17, 15) is 4.79 Å². The molecule has 130 valence electrons. The SMILES string of the molecule is CCc1ccc(CC2SC(=Nc3ccc(C(C)C)cc3)NC2=O)cc1. The molecule has 1 atom stereocenters. The highest BCUT2D eigenvalue weighted by Gasteiger charge is 2.30. The fourth-order valence-corrected chi connectivity index (χ4v) is 3.80. The van der Waals surface area contributed by atoms with Gasteiger partial charge in [0.2, 0.25) is 5.91 Å². The third-order valence-corrected chi connectivity index (χ3v) is 5.50. The van der Waals surface area contributed by atoms with Crippen molar-refractivity contribution in [3.63, 3.8) is 0 Å². The third kappa shape index (κ3) is 4.51. The molecule has 1 saturated heterocycles. The summed E-state index contributed by atoms with van der Waals surface area (Å²) in [5, 5.41) is 3.49. The van der Waals surface area contributed by atoms with Crippen molar-refractivity contribution >= 4 is 28.5 Å². The molecule has 1 unspecified atom stereocenters. The van der Waals surface area contributed by atoms with Gasteiger partial charge in [0.05, 0.1) is 10.9 Å². The van der Waals surface area contributed by atoms with Crippen LogP contribution in [0.15, 0.2) is 53.5 Å². The summed E-state index contributed by atoms with van der Waals surface area (Å²) in [4.78, 5) is 16.8. The highest BCUT2D eigenvalue weighted by Crippen LogP contribution is 2.26. The minimum atomic E-state index is -0.110. The summed E-state index contributed by atoms with van der Waals surface area (Å²) < 4.78 is 0. The molecule has 2 aromatic rings. The molecule has 4 heteroatoms. The van der Waals surface area contributed by atoms with E-state index in [2.05, 4.69) is 67.5 Å². The van der Waals surface area contributed by atoms with E-state index in [1.54, 1.807) is 0 Å². The Labute approximate surface area is 153 Å². The number of rotatable bonds is 5. The maximum atomic E-state index is 12.2. The number of carbonyl (C=O) groups is 1. The van der Waals surface area contributed by atoms with Gasteiger partial charge >= 0.3 is 0 Å². The van der Waals surface area contributed by atoms with Gasteiger partial charge in [-0.3, -0.25) is 4.79 Å². The van der Waals surface area contributed by atoms with Crippen LogP contribution in [0.5, 0.6) is 0 Å². The molecule has 0 radical (unpaired) electrons. The number of carbonyl (C=O) groups excluding carboxylic acids is 1. The normalized spacial score (nSPS) is 18.8. The van der Waals surface area contributed by atoms with Crippen molar-refractivity contribution in [1.29, 1.82) is 0 Å². The van der Waals surface area contributed by atoms with Crippen molar-refractivity contribution in [2.45, 2.75) is 44.8 Å². The molecule has 0 aliphatic carbocycles. The first-order valence-corrected chi connectivity index (χ1v) is 9.67. The molecule has 0 spiro atoms. The second-order valence-corrected chi connectivity index (χ2v) is 7.82. The summed E-state index contributed by atoms with van der Waals surface area (Å²) in [6, 6.07) is 16.7. The first kappa shape index (κ1) is 17.7. The molecule has 1 amide bonds. The van der Waals surface area contributed by atoms with Crippen LogP contribution in [0.4, 0.5) is 5.69 Å². The monoisotopic (exact) mass is 352 g/mol. The maximum Gasteiger partial charge on any atom is 0.239 e. The molecule has 25 heavy (non-hydrogen) atoms. The number of nitrogens with one attached hydrogen (secondary N) is 1. The van der Waals surface area contributed by atoms with Gasteiger partial charge in [0.25, 0.3) is 0 Å². The minimum absolute atomic E-state index is 0.0436. The van der Waals surface area contributed by atoms with Gasteiger partial charge in [-0.05, 0) is 47.6 Å². The third-order valence-electron chi connectivity index (χ3n) is 4.42.